The van der Waals surface area contributed by atoms with E-state index in [9.17, 15) is 14.7 Å². The third kappa shape index (κ3) is 5.70. The molecule has 4 atom stereocenters. The molecule has 1 fully saturated rings. The molecule has 1 aliphatic rings. The van der Waals surface area contributed by atoms with Crippen LogP contribution in [0.3, 0.4) is 0 Å². The van der Waals surface area contributed by atoms with Gasteiger partial charge in [-0.25, -0.2) is 0 Å². The highest BCUT2D eigenvalue weighted by Gasteiger charge is 2.57. The highest BCUT2D eigenvalue weighted by molar-refractivity contribution is 5.90. The van der Waals surface area contributed by atoms with Gasteiger partial charge in [-0.3, -0.25) is 9.59 Å². The zero-order valence-electron chi connectivity index (χ0n) is 20.7. The Labute approximate surface area is 202 Å². The van der Waals surface area contributed by atoms with Crippen molar-refractivity contribution in [3.05, 3.63) is 59.7 Å². The highest BCUT2D eigenvalue weighted by Crippen LogP contribution is 2.52. The number of rotatable bonds is 11. The van der Waals surface area contributed by atoms with Crippen LogP contribution in [0.15, 0.2) is 48.5 Å². The molecule has 1 aliphatic carbocycles. The second-order valence-electron chi connectivity index (χ2n) is 9.19. The van der Waals surface area contributed by atoms with Crippen LogP contribution in [-0.2, 0) is 22.6 Å². The normalized spacial score (nSPS) is 19.9. The first-order valence-electron chi connectivity index (χ1n) is 11.7. The van der Waals surface area contributed by atoms with E-state index in [0.717, 1.165) is 22.6 Å². The van der Waals surface area contributed by atoms with Crippen molar-refractivity contribution in [2.45, 2.75) is 32.9 Å². The van der Waals surface area contributed by atoms with Gasteiger partial charge in [-0.2, -0.15) is 0 Å². The Bertz CT molecular complexity index is 958. The molecule has 0 aliphatic heterocycles. The van der Waals surface area contributed by atoms with E-state index >= 15 is 0 Å². The largest absolute Gasteiger partial charge is 0.497 e. The van der Waals surface area contributed by atoms with Gasteiger partial charge in [0.2, 0.25) is 11.8 Å². The maximum absolute atomic E-state index is 13.9. The van der Waals surface area contributed by atoms with Crippen LogP contribution < -0.4 is 14.8 Å². The second-order valence-corrected chi connectivity index (χ2v) is 9.19. The molecular formula is C27H36N2O5. The topological polar surface area (TPSA) is 88.1 Å². The zero-order valence-corrected chi connectivity index (χ0v) is 20.7. The second kappa shape index (κ2) is 11.4. The van der Waals surface area contributed by atoms with E-state index < -0.39 is 6.04 Å². The van der Waals surface area contributed by atoms with E-state index in [0.29, 0.717) is 6.42 Å². The summed E-state index contributed by atoms with van der Waals surface area (Å²) in [6.45, 7) is 4.40. The van der Waals surface area contributed by atoms with Gasteiger partial charge in [0.05, 0.1) is 14.2 Å². The molecule has 34 heavy (non-hydrogen) atoms. The molecule has 0 unspecified atom stereocenters. The van der Waals surface area contributed by atoms with Crippen LogP contribution in [0.1, 0.15) is 25.0 Å². The van der Waals surface area contributed by atoms with E-state index in [2.05, 4.69) is 19.2 Å². The lowest BCUT2D eigenvalue weighted by Gasteiger charge is -2.32. The molecule has 184 valence electrons. The lowest BCUT2D eigenvalue weighted by molar-refractivity contribution is -0.142. The zero-order chi connectivity index (χ0) is 24.8. The number of amides is 2. The lowest BCUT2D eigenvalue weighted by atomic mass is 10.0. The van der Waals surface area contributed by atoms with Crippen molar-refractivity contribution in [2.75, 3.05) is 27.9 Å². The Morgan fingerprint density at radius 1 is 0.971 bits per heavy atom. The molecule has 0 saturated heterocycles. The Morgan fingerprint density at radius 3 is 1.91 bits per heavy atom. The number of likely N-dealkylation sites (N-methyl/N-ethyl adjacent to an activating group) is 1. The van der Waals surface area contributed by atoms with Gasteiger partial charge < -0.3 is 24.8 Å². The number of hydrogen-bond donors (Lipinski definition) is 2. The number of methoxy groups -OCH3 is 2. The third-order valence-corrected chi connectivity index (χ3v) is 6.80. The fourth-order valence-corrected chi connectivity index (χ4v) is 4.85. The van der Waals surface area contributed by atoms with Gasteiger partial charge in [-0.05, 0) is 53.1 Å². The number of aliphatic hydroxyl groups is 1. The molecule has 0 radical (unpaired) electrons. The summed E-state index contributed by atoms with van der Waals surface area (Å²) in [7, 11) is 4.80. The molecule has 2 aromatic rings. The number of benzene rings is 2. The predicted molar refractivity (Wildman–Crippen MR) is 130 cm³/mol. The Hall–Kier alpha value is -3.06. The molecule has 0 heterocycles. The fourth-order valence-electron chi connectivity index (χ4n) is 4.85. The minimum atomic E-state index is -0.694. The minimum absolute atomic E-state index is 0.0290. The van der Waals surface area contributed by atoms with E-state index in [1.54, 1.807) is 26.2 Å². The summed E-state index contributed by atoms with van der Waals surface area (Å²) in [5, 5.41) is 12.6. The van der Waals surface area contributed by atoms with Crippen LogP contribution in [0.2, 0.25) is 0 Å². The molecule has 7 nitrogen and oxygen atoms in total. The monoisotopic (exact) mass is 468 g/mol. The molecule has 2 aromatic carbocycles. The van der Waals surface area contributed by atoms with Gasteiger partial charge in [0.25, 0.3) is 0 Å². The smallest absolute Gasteiger partial charge is 0.242 e. The van der Waals surface area contributed by atoms with Crippen LogP contribution in [0.5, 0.6) is 11.5 Å². The summed E-state index contributed by atoms with van der Waals surface area (Å²) in [6, 6.07) is 14.3. The number of aliphatic hydroxyl groups excluding tert-OH is 1. The van der Waals surface area contributed by atoms with E-state index in [1.807, 2.05) is 48.5 Å². The first-order chi connectivity index (χ1) is 16.3. The number of carbonyl (C=O) groups excluding carboxylic acids is 2. The van der Waals surface area contributed by atoms with Crippen LogP contribution in [0.4, 0.5) is 0 Å². The van der Waals surface area contributed by atoms with E-state index in [1.165, 1.54) is 0 Å². The first kappa shape index (κ1) is 25.6. The van der Waals surface area contributed by atoms with Gasteiger partial charge in [0.15, 0.2) is 0 Å². The maximum atomic E-state index is 13.9. The summed E-state index contributed by atoms with van der Waals surface area (Å²) < 4.78 is 10.5. The number of carbonyl (C=O) groups is 2. The molecule has 3 rings (SSSR count). The average molecular weight is 469 g/mol. The van der Waals surface area contributed by atoms with Crippen LogP contribution in [-0.4, -0.2) is 55.7 Å². The van der Waals surface area contributed by atoms with Gasteiger partial charge in [-0.15, -0.1) is 0 Å². The van der Waals surface area contributed by atoms with Gasteiger partial charge in [-0.1, -0.05) is 38.1 Å². The molecule has 0 aromatic heterocycles. The summed E-state index contributed by atoms with van der Waals surface area (Å²) in [6.07, 6.45) is 0.369. The van der Waals surface area contributed by atoms with Gasteiger partial charge >= 0.3 is 0 Å². The van der Waals surface area contributed by atoms with Crippen molar-refractivity contribution >= 4 is 11.8 Å². The third-order valence-electron chi connectivity index (χ3n) is 6.80. The molecule has 7 heteroatoms. The Kier molecular flexibility index (Phi) is 8.56. The molecule has 0 bridgehead atoms. The first-order valence-corrected chi connectivity index (χ1v) is 11.7. The summed E-state index contributed by atoms with van der Waals surface area (Å²) in [5.74, 6) is 1.18. The van der Waals surface area contributed by atoms with Crippen LogP contribution in [0.25, 0.3) is 0 Å². The quantitative estimate of drug-likeness (QED) is 0.530. The van der Waals surface area contributed by atoms with Gasteiger partial charge in [0.1, 0.15) is 17.5 Å². The number of nitrogens with zero attached hydrogens (tertiary/aromatic N) is 1. The van der Waals surface area contributed by atoms with Crippen molar-refractivity contribution in [1.29, 1.82) is 0 Å². The van der Waals surface area contributed by atoms with Crippen LogP contribution in [0, 0.1) is 23.7 Å². The predicted octanol–water partition coefficient (Wildman–Crippen LogP) is 2.90. The van der Waals surface area contributed by atoms with Crippen molar-refractivity contribution in [1.82, 2.24) is 10.2 Å². The molecule has 0 spiro atoms. The van der Waals surface area contributed by atoms with E-state index in [-0.39, 0.29) is 48.6 Å². The highest BCUT2D eigenvalue weighted by atomic mass is 16.5. The number of ether oxygens (including phenoxy) is 2. The van der Waals surface area contributed by atoms with Crippen molar-refractivity contribution in [3.63, 3.8) is 0 Å². The molecule has 2 N–H and O–H groups in total. The van der Waals surface area contributed by atoms with Gasteiger partial charge in [0, 0.05) is 32.5 Å². The van der Waals surface area contributed by atoms with Crippen molar-refractivity contribution in [3.8, 4) is 11.5 Å². The Morgan fingerprint density at radius 2 is 1.50 bits per heavy atom. The Balaban J connectivity index is 1.94. The standard InChI is InChI=1S/C27H36N2O5/c1-17(2)24-22(16-30)25(24)27(32)29(15-19-8-12-21(34-5)13-9-19)23(26(31)28-3)14-18-6-10-20(33-4)11-7-18/h6-13,17,22-25,30H,14-16H2,1-5H3,(H,28,31)/t22-,23-,24+,25-/m0/s1. The lowest BCUT2D eigenvalue weighted by Crippen LogP contribution is -2.50. The van der Waals surface area contributed by atoms with Crippen molar-refractivity contribution in [2.24, 2.45) is 23.7 Å². The average Bonchev–Trinajstić information content (AvgIpc) is 3.61. The van der Waals surface area contributed by atoms with E-state index in [4.69, 9.17) is 9.47 Å². The summed E-state index contributed by atoms with van der Waals surface area (Å²) >= 11 is 0. The maximum Gasteiger partial charge on any atom is 0.242 e. The van der Waals surface area contributed by atoms with Crippen molar-refractivity contribution < 1.29 is 24.2 Å². The molecule has 1 saturated carbocycles. The number of nitrogens with one attached hydrogen (secondary N) is 1. The SMILES string of the molecule is CNC(=O)[C@H](Cc1ccc(OC)cc1)N(Cc1ccc(OC)cc1)C(=O)[C@H]1[C@@H](CO)[C@H]1C(C)C. The van der Waals surface area contributed by atoms with Crippen LogP contribution >= 0.6 is 0 Å². The molecular weight excluding hydrogens is 432 g/mol. The number of hydrogen-bond acceptors (Lipinski definition) is 5. The fraction of sp³-hybridized carbons (Fsp3) is 0.481. The molecule has 2 amide bonds. The summed E-state index contributed by atoms with van der Waals surface area (Å²) in [5.41, 5.74) is 1.83. The minimum Gasteiger partial charge on any atom is -0.497 e. The summed E-state index contributed by atoms with van der Waals surface area (Å²) in [4.78, 5) is 28.6.